The van der Waals surface area contributed by atoms with Crippen LogP contribution in [-0.4, -0.2) is 34.9 Å². The number of anilines is 1. The van der Waals surface area contributed by atoms with E-state index < -0.39 is 0 Å². The number of nitrogens with one attached hydrogen (secondary N) is 1. The Bertz CT molecular complexity index is 363. The second-order valence-electron chi connectivity index (χ2n) is 4.45. The molecular weight excluding hydrogens is 232 g/mol. The van der Waals surface area contributed by atoms with Crippen LogP contribution < -0.4 is 11.1 Å². The third-order valence-corrected chi connectivity index (χ3v) is 2.30. The fraction of sp³-hybridized carbons (Fsp3) is 0.667. The lowest BCUT2D eigenvalue weighted by molar-refractivity contribution is -0.121. The van der Waals surface area contributed by atoms with Crippen molar-refractivity contribution in [2.24, 2.45) is 0 Å². The molecular formula is C12H22N4O2. The van der Waals surface area contributed by atoms with Crippen LogP contribution in [0, 0.1) is 0 Å². The Morgan fingerprint density at radius 3 is 2.94 bits per heavy atom. The first-order chi connectivity index (χ1) is 8.58. The summed E-state index contributed by atoms with van der Waals surface area (Å²) < 4.78 is 6.93. The molecule has 1 rings (SSSR count). The second-order valence-corrected chi connectivity index (χ2v) is 4.45. The maximum Gasteiger partial charge on any atom is 0.241 e. The van der Waals surface area contributed by atoms with E-state index in [4.69, 9.17) is 10.5 Å². The van der Waals surface area contributed by atoms with Gasteiger partial charge in [-0.15, -0.1) is 0 Å². The summed E-state index contributed by atoms with van der Waals surface area (Å²) in [6.07, 6.45) is 5.30. The van der Waals surface area contributed by atoms with E-state index in [-0.39, 0.29) is 18.6 Å². The summed E-state index contributed by atoms with van der Waals surface area (Å²) in [6, 6.07) is 0. The van der Waals surface area contributed by atoms with Crippen molar-refractivity contribution in [1.29, 1.82) is 0 Å². The molecule has 0 spiro atoms. The van der Waals surface area contributed by atoms with Crippen LogP contribution in [0.25, 0.3) is 0 Å². The van der Waals surface area contributed by atoms with E-state index in [0.29, 0.717) is 12.2 Å². The topological polar surface area (TPSA) is 82.2 Å². The summed E-state index contributed by atoms with van der Waals surface area (Å²) in [5, 5.41) is 6.78. The lowest BCUT2D eigenvalue weighted by Gasteiger charge is -2.08. The fourth-order valence-corrected chi connectivity index (χ4v) is 1.44. The van der Waals surface area contributed by atoms with E-state index in [1.54, 1.807) is 6.20 Å². The minimum atomic E-state index is -0.0529. The number of nitrogens with two attached hydrogens (primary N) is 1. The van der Waals surface area contributed by atoms with E-state index in [1.807, 2.05) is 13.8 Å². The number of carbonyl (C=O) groups is 1. The maximum absolute atomic E-state index is 11.5. The van der Waals surface area contributed by atoms with Crippen molar-refractivity contribution >= 4 is 11.6 Å². The molecule has 1 aromatic rings. The highest BCUT2D eigenvalue weighted by atomic mass is 16.5. The number of nitrogen functional groups attached to an aromatic ring is 1. The van der Waals surface area contributed by atoms with E-state index in [9.17, 15) is 4.79 Å². The standard InChI is InChI=1S/C12H22N4O2/c1-10(2)18-6-4-3-5-14-12(17)9-16-8-11(13)7-15-16/h7-8,10H,3-6,9,13H2,1-2H3,(H,14,17). The molecule has 102 valence electrons. The SMILES string of the molecule is CC(C)OCCCCNC(=O)Cn1cc(N)cn1. The zero-order chi connectivity index (χ0) is 13.4. The summed E-state index contributed by atoms with van der Waals surface area (Å²) in [5.74, 6) is -0.0529. The number of rotatable bonds is 8. The average molecular weight is 254 g/mol. The minimum Gasteiger partial charge on any atom is -0.396 e. The van der Waals surface area contributed by atoms with Gasteiger partial charge in [0.15, 0.2) is 0 Å². The van der Waals surface area contributed by atoms with E-state index in [0.717, 1.165) is 19.4 Å². The van der Waals surface area contributed by atoms with Gasteiger partial charge in [0.2, 0.25) is 5.91 Å². The zero-order valence-electron chi connectivity index (χ0n) is 11.1. The van der Waals surface area contributed by atoms with Gasteiger partial charge in [-0.3, -0.25) is 9.48 Å². The highest BCUT2D eigenvalue weighted by Gasteiger charge is 2.03. The molecule has 0 saturated heterocycles. The first-order valence-electron chi connectivity index (χ1n) is 6.24. The minimum absolute atomic E-state index is 0.0529. The molecule has 6 heteroatoms. The van der Waals surface area contributed by atoms with Gasteiger partial charge in [-0.2, -0.15) is 5.10 Å². The zero-order valence-corrected chi connectivity index (χ0v) is 11.1. The predicted molar refractivity (Wildman–Crippen MR) is 70.0 cm³/mol. The molecule has 6 nitrogen and oxygen atoms in total. The Kier molecular flexibility index (Phi) is 6.21. The van der Waals surface area contributed by atoms with Gasteiger partial charge in [-0.05, 0) is 26.7 Å². The lowest BCUT2D eigenvalue weighted by atomic mass is 10.3. The normalized spacial score (nSPS) is 10.8. The third kappa shape index (κ3) is 6.24. The van der Waals surface area contributed by atoms with Crippen LogP contribution in [0.5, 0.6) is 0 Å². The van der Waals surface area contributed by atoms with Crippen molar-refractivity contribution in [3.05, 3.63) is 12.4 Å². The number of ether oxygens (including phenoxy) is 1. The van der Waals surface area contributed by atoms with Gasteiger partial charge >= 0.3 is 0 Å². The van der Waals surface area contributed by atoms with Gasteiger partial charge in [0.1, 0.15) is 6.54 Å². The smallest absolute Gasteiger partial charge is 0.241 e. The van der Waals surface area contributed by atoms with Crippen LogP contribution in [0.3, 0.4) is 0 Å². The number of carbonyl (C=O) groups excluding carboxylic acids is 1. The molecule has 0 aromatic carbocycles. The molecule has 0 aliphatic heterocycles. The molecule has 1 aromatic heterocycles. The summed E-state index contributed by atoms with van der Waals surface area (Å²) >= 11 is 0. The Hall–Kier alpha value is -1.56. The Balaban J connectivity index is 2.03. The van der Waals surface area contributed by atoms with Gasteiger partial charge in [-0.25, -0.2) is 0 Å². The van der Waals surface area contributed by atoms with Gasteiger partial charge in [0.25, 0.3) is 0 Å². The number of amides is 1. The second kappa shape index (κ2) is 7.71. The van der Waals surface area contributed by atoms with Crippen LogP contribution in [-0.2, 0) is 16.1 Å². The molecule has 0 radical (unpaired) electrons. The fourth-order valence-electron chi connectivity index (χ4n) is 1.44. The quantitative estimate of drug-likeness (QED) is 0.672. The molecule has 1 heterocycles. The largest absolute Gasteiger partial charge is 0.396 e. The van der Waals surface area contributed by atoms with Crippen LogP contribution in [0.15, 0.2) is 12.4 Å². The summed E-state index contributed by atoms with van der Waals surface area (Å²) in [7, 11) is 0. The number of nitrogens with zero attached hydrogens (tertiary/aromatic N) is 2. The van der Waals surface area contributed by atoms with Gasteiger partial charge in [0, 0.05) is 19.3 Å². The monoisotopic (exact) mass is 254 g/mol. The van der Waals surface area contributed by atoms with Gasteiger partial charge in [0.05, 0.1) is 18.0 Å². The van der Waals surface area contributed by atoms with Gasteiger partial charge in [-0.1, -0.05) is 0 Å². The highest BCUT2D eigenvalue weighted by Crippen LogP contribution is 1.97. The Labute approximate surface area is 107 Å². The first-order valence-corrected chi connectivity index (χ1v) is 6.24. The lowest BCUT2D eigenvalue weighted by Crippen LogP contribution is -2.28. The molecule has 18 heavy (non-hydrogen) atoms. The highest BCUT2D eigenvalue weighted by molar-refractivity contribution is 5.75. The van der Waals surface area contributed by atoms with Crippen LogP contribution in [0.1, 0.15) is 26.7 Å². The van der Waals surface area contributed by atoms with Crippen molar-refractivity contribution in [2.75, 3.05) is 18.9 Å². The van der Waals surface area contributed by atoms with Crippen LogP contribution >= 0.6 is 0 Å². The first kappa shape index (κ1) is 14.5. The van der Waals surface area contributed by atoms with Crippen molar-refractivity contribution in [1.82, 2.24) is 15.1 Å². The molecule has 1 amide bonds. The number of unbranched alkanes of at least 4 members (excludes halogenated alkanes) is 1. The molecule has 0 saturated carbocycles. The van der Waals surface area contributed by atoms with Crippen LogP contribution in [0.2, 0.25) is 0 Å². The van der Waals surface area contributed by atoms with E-state index in [2.05, 4.69) is 10.4 Å². The molecule has 0 unspecified atom stereocenters. The summed E-state index contributed by atoms with van der Waals surface area (Å²) in [5.41, 5.74) is 6.07. The maximum atomic E-state index is 11.5. The van der Waals surface area contributed by atoms with E-state index >= 15 is 0 Å². The van der Waals surface area contributed by atoms with E-state index in [1.165, 1.54) is 10.9 Å². The van der Waals surface area contributed by atoms with Crippen molar-refractivity contribution in [2.45, 2.75) is 39.3 Å². The molecule has 0 fully saturated rings. The molecule has 3 N–H and O–H groups in total. The Morgan fingerprint density at radius 2 is 2.33 bits per heavy atom. The molecule has 0 aliphatic carbocycles. The third-order valence-electron chi connectivity index (χ3n) is 2.30. The summed E-state index contributed by atoms with van der Waals surface area (Å²) in [6.45, 7) is 5.63. The average Bonchev–Trinajstić information content (AvgIpc) is 2.68. The number of hydrogen-bond donors (Lipinski definition) is 2. The van der Waals surface area contributed by atoms with Crippen molar-refractivity contribution < 1.29 is 9.53 Å². The van der Waals surface area contributed by atoms with Crippen LogP contribution in [0.4, 0.5) is 5.69 Å². The Morgan fingerprint density at radius 1 is 1.56 bits per heavy atom. The van der Waals surface area contributed by atoms with Crippen molar-refractivity contribution in [3.63, 3.8) is 0 Å². The molecule has 0 bridgehead atoms. The van der Waals surface area contributed by atoms with Crippen molar-refractivity contribution in [3.8, 4) is 0 Å². The number of hydrogen-bond acceptors (Lipinski definition) is 4. The predicted octanol–water partition coefficient (Wildman–Crippen LogP) is 0.787. The molecule has 0 atom stereocenters. The molecule has 0 aliphatic rings. The summed E-state index contributed by atoms with van der Waals surface area (Å²) in [4.78, 5) is 11.5. The van der Waals surface area contributed by atoms with Gasteiger partial charge < -0.3 is 15.8 Å². The number of aromatic nitrogens is 2.